The summed E-state index contributed by atoms with van der Waals surface area (Å²) >= 11 is 0. The van der Waals surface area contributed by atoms with Gasteiger partial charge in [-0.25, -0.2) is 0 Å². The highest BCUT2D eigenvalue weighted by Gasteiger charge is 2.04. The molecule has 0 aliphatic rings. The molecule has 2 rings (SSSR count). The Balaban J connectivity index is 2.00. The summed E-state index contributed by atoms with van der Waals surface area (Å²) in [4.78, 5) is 11.5. The number of hydrogen-bond acceptors (Lipinski definition) is 3. The molecule has 19 heavy (non-hydrogen) atoms. The molecule has 0 radical (unpaired) electrons. The van der Waals surface area contributed by atoms with Crippen LogP contribution in [-0.2, 0) is 13.6 Å². The quantitative estimate of drug-likeness (QED) is 0.838. The first-order valence-corrected chi connectivity index (χ1v) is 6.46. The molecule has 0 saturated carbocycles. The molecule has 100 valence electrons. The molecule has 1 aromatic heterocycles. The predicted octanol–water partition coefficient (Wildman–Crippen LogP) is 2.93. The molecule has 4 heteroatoms. The Morgan fingerprint density at radius 3 is 2.53 bits per heavy atom. The maximum absolute atomic E-state index is 11.5. The molecule has 0 unspecified atom stereocenters. The third kappa shape index (κ3) is 3.22. The van der Waals surface area contributed by atoms with Gasteiger partial charge in [-0.05, 0) is 31.2 Å². The fourth-order valence-electron chi connectivity index (χ4n) is 2.00. The van der Waals surface area contributed by atoms with Gasteiger partial charge in [-0.1, -0.05) is 6.92 Å². The van der Waals surface area contributed by atoms with E-state index in [1.54, 1.807) is 0 Å². The van der Waals surface area contributed by atoms with Crippen molar-refractivity contribution in [2.24, 2.45) is 7.05 Å². The van der Waals surface area contributed by atoms with Crippen LogP contribution in [0.25, 0.3) is 0 Å². The van der Waals surface area contributed by atoms with Gasteiger partial charge >= 0.3 is 0 Å². The Morgan fingerprint density at radius 2 is 2.00 bits per heavy atom. The Labute approximate surface area is 113 Å². The van der Waals surface area contributed by atoms with Crippen LogP contribution in [0.4, 0.5) is 5.69 Å². The Hall–Kier alpha value is -2.10. The van der Waals surface area contributed by atoms with Gasteiger partial charge in [0, 0.05) is 43.0 Å². The van der Waals surface area contributed by atoms with Gasteiger partial charge in [0.2, 0.25) is 0 Å². The second-order valence-corrected chi connectivity index (χ2v) is 4.62. The monoisotopic (exact) mass is 257 g/mol. The number of anilines is 1. The number of aryl methyl sites for hydroxylation is 2. The number of rotatable bonds is 5. The maximum atomic E-state index is 11.5. The van der Waals surface area contributed by atoms with E-state index in [1.807, 2.05) is 56.0 Å². The van der Waals surface area contributed by atoms with Gasteiger partial charge in [0.15, 0.2) is 5.78 Å². The Morgan fingerprint density at radius 1 is 1.32 bits per heavy atom. The molecular formula is C15H19N3O. The lowest BCUT2D eigenvalue weighted by Crippen LogP contribution is -2.01. The van der Waals surface area contributed by atoms with Crippen LogP contribution in [0.5, 0.6) is 0 Å². The van der Waals surface area contributed by atoms with E-state index in [9.17, 15) is 4.79 Å². The minimum Gasteiger partial charge on any atom is -0.381 e. The summed E-state index contributed by atoms with van der Waals surface area (Å²) in [6, 6.07) is 7.61. The van der Waals surface area contributed by atoms with E-state index in [0.717, 1.165) is 23.5 Å². The first-order chi connectivity index (χ1) is 9.10. The van der Waals surface area contributed by atoms with Crippen LogP contribution in [0.1, 0.15) is 35.0 Å². The summed E-state index contributed by atoms with van der Waals surface area (Å²) < 4.78 is 1.81. The SMILES string of the molecule is CCC(=O)c1ccc(NCc2cn(C)nc2C)cc1. The number of nitrogens with one attached hydrogen (secondary N) is 1. The van der Waals surface area contributed by atoms with E-state index in [2.05, 4.69) is 10.4 Å². The van der Waals surface area contributed by atoms with Gasteiger partial charge in [-0.15, -0.1) is 0 Å². The molecule has 0 amide bonds. The fraction of sp³-hybridized carbons (Fsp3) is 0.333. The second-order valence-electron chi connectivity index (χ2n) is 4.62. The molecule has 0 bridgehead atoms. The van der Waals surface area contributed by atoms with Crippen molar-refractivity contribution in [2.75, 3.05) is 5.32 Å². The smallest absolute Gasteiger partial charge is 0.162 e. The van der Waals surface area contributed by atoms with Crippen LogP contribution in [0, 0.1) is 6.92 Å². The molecule has 0 fully saturated rings. The highest BCUT2D eigenvalue weighted by Crippen LogP contribution is 2.13. The lowest BCUT2D eigenvalue weighted by atomic mass is 10.1. The van der Waals surface area contributed by atoms with Crippen molar-refractivity contribution >= 4 is 11.5 Å². The molecule has 2 aromatic rings. The van der Waals surface area contributed by atoms with Crippen LogP contribution < -0.4 is 5.32 Å². The van der Waals surface area contributed by atoms with Crippen LogP contribution in [0.2, 0.25) is 0 Å². The van der Waals surface area contributed by atoms with Crippen molar-refractivity contribution in [3.05, 3.63) is 47.3 Å². The van der Waals surface area contributed by atoms with Crippen LogP contribution in [0.3, 0.4) is 0 Å². The van der Waals surface area contributed by atoms with Crippen molar-refractivity contribution in [3.8, 4) is 0 Å². The summed E-state index contributed by atoms with van der Waals surface area (Å²) in [5, 5.41) is 7.64. The van der Waals surface area contributed by atoms with Gasteiger partial charge in [0.05, 0.1) is 5.69 Å². The number of benzene rings is 1. The summed E-state index contributed by atoms with van der Waals surface area (Å²) in [6.07, 6.45) is 2.55. The molecule has 1 heterocycles. The summed E-state index contributed by atoms with van der Waals surface area (Å²) in [6.45, 7) is 4.61. The second kappa shape index (κ2) is 5.69. The third-order valence-electron chi connectivity index (χ3n) is 3.13. The zero-order valence-electron chi connectivity index (χ0n) is 11.6. The van der Waals surface area contributed by atoms with E-state index in [1.165, 1.54) is 5.56 Å². The first-order valence-electron chi connectivity index (χ1n) is 6.46. The third-order valence-corrected chi connectivity index (χ3v) is 3.13. The van der Waals surface area contributed by atoms with Crippen LogP contribution in [-0.4, -0.2) is 15.6 Å². The zero-order chi connectivity index (χ0) is 13.8. The van der Waals surface area contributed by atoms with E-state index in [0.29, 0.717) is 6.42 Å². The van der Waals surface area contributed by atoms with Gasteiger partial charge < -0.3 is 5.32 Å². The van der Waals surface area contributed by atoms with Gasteiger partial charge in [-0.3, -0.25) is 9.48 Å². The summed E-state index contributed by atoms with van der Waals surface area (Å²) in [5.74, 6) is 0.176. The van der Waals surface area contributed by atoms with Crippen molar-refractivity contribution in [3.63, 3.8) is 0 Å². The zero-order valence-corrected chi connectivity index (χ0v) is 11.6. The number of carbonyl (C=O) groups excluding carboxylic acids is 1. The van der Waals surface area contributed by atoms with Gasteiger partial charge in [0.1, 0.15) is 0 Å². The molecule has 1 aromatic carbocycles. The van der Waals surface area contributed by atoms with Crippen molar-refractivity contribution in [1.82, 2.24) is 9.78 Å². The number of hydrogen-bond donors (Lipinski definition) is 1. The number of nitrogens with zero attached hydrogens (tertiary/aromatic N) is 2. The van der Waals surface area contributed by atoms with E-state index < -0.39 is 0 Å². The van der Waals surface area contributed by atoms with Crippen LogP contribution in [0.15, 0.2) is 30.5 Å². The lowest BCUT2D eigenvalue weighted by molar-refractivity contribution is 0.0988. The molecule has 0 aliphatic carbocycles. The van der Waals surface area contributed by atoms with E-state index in [-0.39, 0.29) is 5.78 Å². The molecule has 0 saturated heterocycles. The average molecular weight is 257 g/mol. The number of aromatic nitrogens is 2. The minimum atomic E-state index is 0.176. The van der Waals surface area contributed by atoms with Crippen molar-refractivity contribution in [1.29, 1.82) is 0 Å². The molecular weight excluding hydrogens is 238 g/mol. The van der Waals surface area contributed by atoms with E-state index in [4.69, 9.17) is 0 Å². The topological polar surface area (TPSA) is 46.9 Å². The number of Topliss-reactive ketones (excluding diaryl/α,β-unsaturated/α-hetero) is 1. The number of ketones is 1. The normalized spacial score (nSPS) is 10.5. The Kier molecular flexibility index (Phi) is 4.00. The lowest BCUT2D eigenvalue weighted by Gasteiger charge is -2.06. The first kappa shape index (κ1) is 13.3. The fourth-order valence-corrected chi connectivity index (χ4v) is 2.00. The molecule has 0 spiro atoms. The van der Waals surface area contributed by atoms with E-state index >= 15 is 0 Å². The highest BCUT2D eigenvalue weighted by molar-refractivity contribution is 5.96. The number of carbonyl (C=O) groups is 1. The summed E-state index contributed by atoms with van der Waals surface area (Å²) in [5.41, 5.74) is 3.99. The van der Waals surface area contributed by atoms with Crippen molar-refractivity contribution in [2.45, 2.75) is 26.8 Å². The largest absolute Gasteiger partial charge is 0.381 e. The predicted molar refractivity (Wildman–Crippen MR) is 76.3 cm³/mol. The minimum absolute atomic E-state index is 0.176. The highest BCUT2D eigenvalue weighted by atomic mass is 16.1. The van der Waals surface area contributed by atoms with Crippen LogP contribution >= 0.6 is 0 Å². The average Bonchev–Trinajstić information content (AvgIpc) is 2.74. The van der Waals surface area contributed by atoms with Gasteiger partial charge in [0.25, 0.3) is 0 Å². The molecule has 0 aliphatic heterocycles. The maximum Gasteiger partial charge on any atom is 0.162 e. The standard InChI is InChI=1S/C15H19N3O/c1-4-15(19)12-5-7-14(8-6-12)16-9-13-10-18(3)17-11(13)2/h5-8,10,16H,4,9H2,1-3H3. The van der Waals surface area contributed by atoms with Crippen molar-refractivity contribution < 1.29 is 4.79 Å². The summed E-state index contributed by atoms with van der Waals surface area (Å²) in [7, 11) is 1.92. The van der Waals surface area contributed by atoms with Gasteiger partial charge in [-0.2, -0.15) is 5.10 Å². The molecule has 4 nitrogen and oxygen atoms in total. The molecule has 1 N–H and O–H groups in total. The Bertz CT molecular complexity index is 570. The molecule has 0 atom stereocenters.